The van der Waals surface area contributed by atoms with Gasteiger partial charge in [0.2, 0.25) is 5.91 Å². The van der Waals surface area contributed by atoms with E-state index in [4.69, 9.17) is 11.1 Å². The molecule has 1 aromatic heterocycles. The summed E-state index contributed by atoms with van der Waals surface area (Å²) in [4.78, 5) is 17.6. The average Bonchev–Trinajstić information content (AvgIpc) is 3.10. The molecule has 6 nitrogen and oxygen atoms in total. The Bertz CT molecular complexity index is 801. The molecule has 1 aromatic carbocycles. The zero-order chi connectivity index (χ0) is 18.4. The molecule has 1 aliphatic rings. The third-order valence-electron chi connectivity index (χ3n) is 4.78. The maximum Gasteiger partial charge on any atom is 0.225 e. The van der Waals surface area contributed by atoms with Crippen LogP contribution in [0.15, 0.2) is 42.4 Å². The number of allylic oxidation sites excluding steroid dienone is 1. The molecule has 0 unspecified atom stereocenters. The molecule has 6 heteroatoms. The number of amides is 1. The van der Waals surface area contributed by atoms with E-state index < -0.39 is 0 Å². The van der Waals surface area contributed by atoms with Gasteiger partial charge < -0.3 is 26.3 Å². The lowest BCUT2D eigenvalue weighted by Crippen LogP contribution is -2.32. The molecule has 0 saturated carbocycles. The Labute approximate surface area is 154 Å². The highest BCUT2D eigenvalue weighted by atomic mass is 16.1. The monoisotopic (exact) mass is 353 g/mol. The van der Waals surface area contributed by atoms with Crippen molar-refractivity contribution in [2.45, 2.75) is 32.1 Å². The quantitative estimate of drug-likeness (QED) is 0.576. The van der Waals surface area contributed by atoms with Crippen molar-refractivity contribution in [3.05, 3.63) is 47.9 Å². The number of aromatic amines is 1. The second-order valence-electron chi connectivity index (χ2n) is 6.85. The Balaban J connectivity index is 1.47. The van der Waals surface area contributed by atoms with Gasteiger partial charge in [0, 0.05) is 29.8 Å². The van der Waals surface area contributed by atoms with Gasteiger partial charge in [-0.1, -0.05) is 18.6 Å². The van der Waals surface area contributed by atoms with Crippen LogP contribution < -0.4 is 11.1 Å². The summed E-state index contributed by atoms with van der Waals surface area (Å²) < 4.78 is 0. The van der Waals surface area contributed by atoms with Gasteiger partial charge in [-0.3, -0.25) is 4.79 Å². The summed E-state index contributed by atoms with van der Waals surface area (Å²) in [6, 6.07) is 7.72. The predicted molar refractivity (Wildman–Crippen MR) is 105 cm³/mol. The van der Waals surface area contributed by atoms with Crippen molar-refractivity contribution >= 4 is 22.5 Å². The van der Waals surface area contributed by atoms with Crippen molar-refractivity contribution < 1.29 is 4.79 Å². The second-order valence-corrected chi connectivity index (χ2v) is 6.85. The van der Waals surface area contributed by atoms with Gasteiger partial charge in [-0.05, 0) is 56.4 Å². The third-order valence-corrected chi connectivity index (χ3v) is 4.78. The number of fused-ring (bicyclic) bond motifs is 1. The van der Waals surface area contributed by atoms with Crippen molar-refractivity contribution in [2.24, 2.45) is 5.73 Å². The van der Waals surface area contributed by atoms with Crippen LogP contribution in [0.4, 0.5) is 0 Å². The molecule has 0 atom stereocenters. The van der Waals surface area contributed by atoms with Crippen molar-refractivity contribution in [1.82, 2.24) is 15.2 Å². The van der Waals surface area contributed by atoms with E-state index in [9.17, 15) is 4.79 Å². The Morgan fingerprint density at radius 2 is 2.08 bits per heavy atom. The summed E-state index contributed by atoms with van der Waals surface area (Å²) in [6.07, 6.45) is 8.49. The average molecular weight is 353 g/mol. The van der Waals surface area contributed by atoms with Crippen LogP contribution in [0.2, 0.25) is 0 Å². The van der Waals surface area contributed by atoms with Gasteiger partial charge in [0.05, 0.1) is 5.71 Å². The zero-order valence-corrected chi connectivity index (χ0v) is 15.1. The van der Waals surface area contributed by atoms with E-state index >= 15 is 0 Å². The number of carbonyl (C=O) groups is 1. The first-order valence-corrected chi connectivity index (χ1v) is 9.27. The number of hydrogen-bond donors (Lipinski definition) is 4. The van der Waals surface area contributed by atoms with Crippen LogP contribution in [0.1, 0.15) is 37.7 Å². The summed E-state index contributed by atoms with van der Waals surface area (Å²) in [5.74, 6) is 0.118. The standard InChI is InChI=1S/C20H27N5O/c21-17(16-7-6-15-8-9-23-18(15)13-16)14-19(22)24-20(26)5-4-12-25-10-2-1-3-11-25/h6-9,13-14,21,23H,1-5,10-12,22H2,(H,24,26)/b19-14+,21-17?. The van der Waals surface area contributed by atoms with Crippen LogP contribution in [0.3, 0.4) is 0 Å². The van der Waals surface area contributed by atoms with E-state index in [0.717, 1.165) is 42.5 Å². The summed E-state index contributed by atoms with van der Waals surface area (Å²) in [5, 5.41) is 12.0. The van der Waals surface area contributed by atoms with Gasteiger partial charge in [-0.2, -0.15) is 0 Å². The van der Waals surface area contributed by atoms with Crippen molar-refractivity contribution in [3.8, 4) is 0 Å². The molecule has 0 radical (unpaired) electrons. The number of benzene rings is 1. The number of likely N-dealkylation sites (tertiary alicyclic amines) is 1. The lowest BCUT2D eigenvalue weighted by molar-refractivity contribution is -0.120. The highest BCUT2D eigenvalue weighted by Gasteiger charge is 2.11. The number of aromatic nitrogens is 1. The smallest absolute Gasteiger partial charge is 0.225 e. The van der Waals surface area contributed by atoms with Gasteiger partial charge >= 0.3 is 0 Å². The normalized spacial score (nSPS) is 15.9. The Morgan fingerprint density at radius 1 is 1.27 bits per heavy atom. The molecule has 5 N–H and O–H groups in total. The van der Waals surface area contributed by atoms with Gasteiger partial charge in [0.25, 0.3) is 0 Å². The first-order chi connectivity index (χ1) is 12.6. The Kier molecular flexibility index (Phi) is 6.07. The van der Waals surface area contributed by atoms with Crippen LogP contribution >= 0.6 is 0 Å². The number of piperidine rings is 1. The topological polar surface area (TPSA) is 98.0 Å². The summed E-state index contributed by atoms with van der Waals surface area (Å²) in [6.45, 7) is 3.25. The van der Waals surface area contributed by atoms with Gasteiger partial charge in [0.15, 0.2) is 0 Å². The molecular weight excluding hydrogens is 326 g/mol. The van der Waals surface area contributed by atoms with E-state index in [-0.39, 0.29) is 17.4 Å². The molecule has 2 heterocycles. The first-order valence-electron chi connectivity index (χ1n) is 9.27. The molecule has 1 aliphatic heterocycles. The molecule has 26 heavy (non-hydrogen) atoms. The number of nitrogens with zero attached hydrogens (tertiary/aromatic N) is 1. The lowest BCUT2D eigenvalue weighted by Gasteiger charge is -2.26. The molecule has 0 spiro atoms. The molecular formula is C20H27N5O. The van der Waals surface area contributed by atoms with E-state index in [1.807, 2.05) is 30.5 Å². The van der Waals surface area contributed by atoms with Crippen molar-refractivity contribution in [2.75, 3.05) is 19.6 Å². The second kappa shape index (κ2) is 8.67. The van der Waals surface area contributed by atoms with Crippen molar-refractivity contribution in [3.63, 3.8) is 0 Å². The number of carbonyl (C=O) groups excluding carboxylic acids is 1. The Morgan fingerprint density at radius 3 is 2.88 bits per heavy atom. The lowest BCUT2D eigenvalue weighted by atomic mass is 10.1. The molecule has 1 fully saturated rings. The number of nitrogens with two attached hydrogens (primary N) is 1. The Hall–Kier alpha value is -2.60. The summed E-state index contributed by atoms with van der Waals surface area (Å²) in [7, 11) is 0. The fourth-order valence-corrected chi connectivity index (χ4v) is 3.36. The number of rotatable bonds is 7. The first kappa shape index (κ1) is 18.2. The van der Waals surface area contributed by atoms with Crippen molar-refractivity contribution in [1.29, 1.82) is 5.41 Å². The van der Waals surface area contributed by atoms with E-state index in [2.05, 4.69) is 15.2 Å². The van der Waals surface area contributed by atoms with Crippen LogP contribution in [0, 0.1) is 5.41 Å². The number of H-pyrrole nitrogens is 1. The SMILES string of the molecule is N=C(/C=C(\N)NC(=O)CCCN1CCCCC1)c1ccc2cc[nH]c2c1. The largest absolute Gasteiger partial charge is 0.385 e. The van der Waals surface area contributed by atoms with E-state index in [1.165, 1.54) is 25.3 Å². The summed E-state index contributed by atoms with van der Waals surface area (Å²) in [5.41, 5.74) is 7.89. The fourth-order valence-electron chi connectivity index (χ4n) is 3.36. The maximum absolute atomic E-state index is 12.0. The number of nitrogens with one attached hydrogen (secondary N) is 3. The summed E-state index contributed by atoms with van der Waals surface area (Å²) >= 11 is 0. The van der Waals surface area contributed by atoms with E-state index in [1.54, 1.807) is 0 Å². The highest BCUT2D eigenvalue weighted by Crippen LogP contribution is 2.15. The predicted octanol–water partition coefficient (Wildman–Crippen LogP) is 2.72. The minimum Gasteiger partial charge on any atom is -0.385 e. The molecule has 0 aliphatic carbocycles. The van der Waals surface area contributed by atoms with Crippen LogP contribution in [0.5, 0.6) is 0 Å². The minimum atomic E-state index is -0.0941. The van der Waals surface area contributed by atoms with E-state index in [0.29, 0.717) is 6.42 Å². The molecule has 0 bridgehead atoms. The van der Waals surface area contributed by atoms with Crippen LogP contribution in [-0.2, 0) is 4.79 Å². The molecule has 1 saturated heterocycles. The maximum atomic E-state index is 12.0. The van der Waals surface area contributed by atoms with Gasteiger partial charge in [-0.15, -0.1) is 0 Å². The zero-order valence-electron chi connectivity index (χ0n) is 15.1. The molecule has 3 rings (SSSR count). The molecule has 138 valence electrons. The molecule has 2 aromatic rings. The van der Waals surface area contributed by atoms with Crippen LogP contribution in [0.25, 0.3) is 10.9 Å². The van der Waals surface area contributed by atoms with Gasteiger partial charge in [-0.25, -0.2) is 0 Å². The number of hydrogen-bond acceptors (Lipinski definition) is 4. The minimum absolute atomic E-state index is 0.0941. The third kappa shape index (κ3) is 4.95. The fraction of sp³-hybridized carbons (Fsp3) is 0.400. The van der Waals surface area contributed by atoms with Crippen LogP contribution in [-0.4, -0.2) is 41.1 Å². The highest BCUT2D eigenvalue weighted by molar-refractivity contribution is 6.08. The molecule has 1 amide bonds. The van der Waals surface area contributed by atoms with Gasteiger partial charge in [0.1, 0.15) is 5.82 Å².